The SMILES string of the molecule is CC(C)n1c(OC2CC(C(N)=O)N(C(=O)C(N)CCCCCC=CC3CC3C(=O)NS(=O)(=O)C3(C)CC3)C2)nc2c(-c3csc(C(F)(F)F)n3)cccc21. The number of aromatic nitrogens is 3. The van der Waals surface area contributed by atoms with E-state index in [-0.39, 0.29) is 42.5 Å². The summed E-state index contributed by atoms with van der Waals surface area (Å²) in [6, 6.07) is 3.39. The minimum atomic E-state index is -4.57. The highest BCUT2D eigenvalue weighted by atomic mass is 32.2. The molecule has 5 unspecified atom stereocenters. The molecule has 0 spiro atoms. The third-order valence-electron chi connectivity index (χ3n) is 10.5. The lowest BCUT2D eigenvalue weighted by molar-refractivity contribution is -0.138. The molecule has 0 radical (unpaired) electrons. The number of allylic oxidation sites excluding steroid dienone is 2. The van der Waals surface area contributed by atoms with Crippen LogP contribution in [0.25, 0.3) is 22.3 Å². The van der Waals surface area contributed by atoms with Crippen LogP contribution in [0.4, 0.5) is 13.2 Å². The normalized spacial score (nSPS) is 22.9. The van der Waals surface area contributed by atoms with Gasteiger partial charge in [0, 0.05) is 29.3 Å². The van der Waals surface area contributed by atoms with Crippen molar-refractivity contribution in [1.82, 2.24) is 24.2 Å². The Kier molecular flexibility index (Phi) is 11.2. The van der Waals surface area contributed by atoms with Crippen LogP contribution in [0.15, 0.2) is 35.7 Å². The quantitative estimate of drug-likeness (QED) is 0.131. The number of unbranched alkanes of at least 4 members (excludes halogenated alkanes) is 3. The van der Waals surface area contributed by atoms with E-state index >= 15 is 0 Å². The van der Waals surface area contributed by atoms with Gasteiger partial charge >= 0.3 is 6.18 Å². The van der Waals surface area contributed by atoms with Crippen LogP contribution in [-0.2, 0) is 30.6 Å². The first-order valence-corrected chi connectivity index (χ1v) is 20.6. The number of nitrogens with one attached hydrogen (secondary N) is 1. The van der Waals surface area contributed by atoms with Gasteiger partial charge in [-0.1, -0.05) is 37.1 Å². The van der Waals surface area contributed by atoms with E-state index in [1.807, 2.05) is 30.6 Å². The highest BCUT2D eigenvalue weighted by molar-refractivity contribution is 7.91. The van der Waals surface area contributed by atoms with E-state index in [0.717, 1.165) is 19.3 Å². The van der Waals surface area contributed by atoms with Crippen molar-refractivity contribution >= 4 is 50.1 Å². The number of alkyl halides is 3. The van der Waals surface area contributed by atoms with E-state index in [1.165, 1.54) is 10.3 Å². The summed E-state index contributed by atoms with van der Waals surface area (Å²) in [6.45, 7) is 5.51. The van der Waals surface area contributed by atoms with Gasteiger partial charge in [-0.15, -0.1) is 11.3 Å². The molecule has 2 saturated carbocycles. The van der Waals surface area contributed by atoms with Crippen molar-refractivity contribution in [1.29, 1.82) is 0 Å². The number of fused-ring (bicyclic) bond motifs is 1. The third-order valence-corrected chi connectivity index (χ3v) is 13.5. The van der Waals surface area contributed by atoms with Gasteiger partial charge < -0.3 is 21.1 Å². The van der Waals surface area contributed by atoms with Crippen molar-refractivity contribution in [2.75, 3.05) is 6.54 Å². The lowest BCUT2D eigenvalue weighted by Gasteiger charge is -2.25. The minimum absolute atomic E-state index is 0.0327. The first kappa shape index (κ1) is 39.7. The predicted octanol–water partition coefficient (Wildman–Crippen LogP) is 5.06. The van der Waals surface area contributed by atoms with E-state index in [4.69, 9.17) is 16.2 Å². The Morgan fingerprint density at radius 3 is 2.54 bits per heavy atom. The molecule has 13 nitrogen and oxygen atoms in total. The van der Waals surface area contributed by atoms with E-state index in [1.54, 1.807) is 25.1 Å². The van der Waals surface area contributed by atoms with Crippen LogP contribution in [0.5, 0.6) is 6.01 Å². The number of amides is 3. The van der Waals surface area contributed by atoms with Crippen LogP contribution in [-0.4, -0.2) is 75.1 Å². The fraction of sp³-hybridized carbons (Fsp3) is 0.583. The Hall–Kier alpha value is -4.03. The molecule has 3 amide bonds. The van der Waals surface area contributed by atoms with Crippen molar-refractivity contribution in [2.24, 2.45) is 23.3 Å². The first-order valence-electron chi connectivity index (χ1n) is 18.2. The molecule has 5 N–H and O–H groups in total. The maximum absolute atomic E-state index is 13.5. The number of carbonyl (C=O) groups excluding carboxylic acids is 3. The van der Waals surface area contributed by atoms with Crippen molar-refractivity contribution < 1.29 is 40.7 Å². The number of likely N-dealkylation sites (tertiary alicyclic amines) is 1. The summed E-state index contributed by atoms with van der Waals surface area (Å²) < 4.78 is 74.1. The topological polar surface area (TPSA) is 193 Å². The fourth-order valence-electron chi connectivity index (χ4n) is 6.87. The lowest BCUT2D eigenvalue weighted by atomic mass is 10.1. The average molecular weight is 794 g/mol. The van der Waals surface area contributed by atoms with Crippen molar-refractivity contribution in [3.63, 3.8) is 0 Å². The summed E-state index contributed by atoms with van der Waals surface area (Å²) in [7, 11) is -3.63. The van der Waals surface area contributed by atoms with Crippen molar-refractivity contribution in [3.05, 3.63) is 40.7 Å². The van der Waals surface area contributed by atoms with Gasteiger partial charge in [-0.25, -0.2) is 13.4 Å². The Morgan fingerprint density at radius 2 is 1.89 bits per heavy atom. The maximum atomic E-state index is 13.5. The molecule has 3 aromatic rings. The molecule has 3 fully saturated rings. The Bertz CT molecular complexity index is 2040. The van der Waals surface area contributed by atoms with Gasteiger partial charge in [-0.3, -0.25) is 23.7 Å². The predicted molar refractivity (Wildman–Crippen MR) is 196 cm³/mol. The molecule has 1 aromatic carbocycles. The summed E-state index contributed by atoms with van der Waals surface area (Å²) in [5, 5.41) is 0.382. The zero-order chi connectivity index (χ0) is 39.2. The first-order chi connectivity index (χ1) is 25.4. The molecule has 18 heteroatoms. The lowest BCUT2D eigenvalue weighted by Crippen LogP contribution is -2.50. The Labute approximate surface area is 315 Å². The number of rotatable bonds is 16. The second kappa shape index (κ2) is 15.2. The molecule has 6 rings (SSSR count). The molecule has 54 heavy (non-hydrogen) atoms. The van der Waals surface area contributed by atoms with Crippen LogP contribution >= 0.6 is 11.3 Å². The zero-order valence-corrected chi connectivity index (χ0v) is 32.0. The number of imidazole rings is 1. The highest BCUT2D eigenvalue weighted by Gasteiger charge is 2.52. The standard InChI is InChI=1S/C36H46F3N7O6S2/c1-20(2)46-27-13-9-11-23(26-19-53-33(42-26)36(37,38)39)29(27)43-34(46)52-22-17-28(30(41)47)45(18-22)32(49)25(40)12-8-6-4-5-7-10-21-16-24(21)31(48)44-54(50,51)35(3)14-15-35/h7,9-11,13,19-22,24-25,28H,4-6,8,12,14-18,40H2,1-3H3,(H2,41,47)(H,44,48). The molecular formula is C36H46F3N7O6S2. The van der Waals surface area contributed by atoms with Crippen molar-refractivity contribution in [2.45, 2.75) is 114 Å². The number of ether oxygens (including phenoxy) is 1. The number of para-hydroxylation sites is 1. The number of carbonyl (C=O) groups is 3. The van der Waals surface area contributed by atoms with Crippen LogP contribution in [0, 0.1) is 11.8 Å². The number of sulfonamides is 1. The molecule has 0 bridgehead atoms. The minimum Gasteiger partial charge on any atom is -0.459 e. The van der Waals surface area contributed by atoms with E-state index < -0.39 is 61.9 Å². The van der Waals surface area contributed by atoms with E-state index in [2.05, 4.69) is 14.7 Å². The summed E-state index contributed by atoms with van der Waals surface area (Å²) in [5.41, 5.74) is 13.6. The highest BCUT2D eigenvalue weighted by Crippen LogP contribution is 2.44. The molecule has 1 aliphatic heterocycles. The number of nitrogens with two attached hydrogens (primary N) is 2. The number of benzene rings is 1. The number of nitrogens with zero attached hydrogens (tertiary/aromatic N) is 4. The molecule has 294 valence electrons. The summed E-state index contributed by atoms with van der Waals surface area (Å²) >= 11 is 0.505. The van der Waals surface area contributed by atoms with E-state index in [0.29, 0.717) is 60.0 Å². The summed E-state index contributed by atoms with van der Waals surface area (Å²) in [4.78, 5) is 48.2. The molecule has 3 aliphatic rings. The molecule has 5 atom stereocenters. The van der Waals surface area contributed by atoms with Gasteiger partial charge in [0.2, 0.25) is 27.7 Å². The monoisotopic (exact) mass is 793 g/mol. The van der Waals surface area contributed by atoms with Crippen molar-refractivity contribution in [3.8, 4) is 17.3 Å². The largest absolute Gasteiger partial charge is 0.459 e. The van der Waals surface area contributed by atoms with Crippen LogP contribution in [0.1, 0.15) is 89.6 Å². The van der Waals surface area contributed by atoms with Crippen LogP contribution < -0.4 is 20.9 Å². The van der Waals surface area contributed by atoms with Gasteiger partial charge in [0.15, 0.2) is 5.01 Å². The maximum Gasteiger partial charge on any atom is 0.443 e. The Balaban J connectivity index is 1.00. The number of primary amides is 1. The number of halogens is 3. The smallest absolute Gasteiger partial charge is 0.443 e. The van der Waals surface area contributed by atoms with Gasteiger partial charge in [0.25, 0.3) is 6.01 Å². The molecule has 1 saturated heterocycles. The summed E-state index contributed by atoms with van der Waals surface area (Å²) in [5.74, 6) is -1.82. The molecular weight excluding hydrogens is 748 g/mol. The molecule has 3 heterocycles. The molecule has 2 aromatic heterocycles. The zero-order valence-electron chi connectivity index (χ0n) is 30.3. The third kappa shape index (κ3) is 8.44. The number of hydrogen-bond acceptors (Lipinski definition) is 10. The second-order valence-electron chi connectivity index (χ2n) is 15.0. The van der Waals surface area contributed by atoms with Crippen LogP contribution in [0.3, 0.4) is 0 Å². The number of hydrogen-bond donors (Lipinski definition) is 3. The summed E-state index contributed by atoms with van der Waals surface area (Å²) in [6.07, 6.45) is 4.08. The van der Waals surface area contributed by atoms with Gasteiger partial charge in [-0.2, -0.15) is 18.2 Å². The number of thiazole rings is 1. The Morgan fingerprint density at radius 1 is 1.15 bits per heavy atom. The van der Waals surface area contributed by atoms with Gasteiger partial charge in [0.05, 0.1) is 28.5 Å². The van der Waals surface area contributed by atoms with Gasteiger partial charge in [0.1, 0.15) is 17.7 Å². The second-order valence-corrected chi connectivity index (χ2v) is 18.1. The fourth-order valence-corrected chi connectivity index (χ4v) is 8.86. The molecule has 2 aliphatic carbocycles. The van der Waals surface area contributed by atoms with Crippen LogP contribution in [0.2, 0.25) is 0 Å². The van der Waals surface area contributed by atoms with Gasteiger partial charge in [-0.05, 0) is 71.3 Å². The average Bonchev–Trinajstić information content (AvgIpc) is 3.84. The van der Waals surface area contributed by atoms with E-state index in [9.17, 15) is 36.0 Å².